The Morgan fingerprint density at radius 2 is 1.93 bits per heavy atom. The van der Waals surface area contributed by atoms with Crippen molar-refractivity contribution in [1.29, 1.82) is 0 Å². The average molecular weight is 462 g/mol. The van der Waals surface area contributed by atoms with Crippen molar-refractivity contribution in [2.45, 2.75) is 26.4 Å². The minimum Gasteiger partial charge on any atom is -0.493 e. The second-order valence-corrected chi connectivity index (χ2v) is 8.07. The summed E-state index contributed by atoms with van der Waals surface area (Å²) in [5, 5.41) is -0.315. The van der Waals surface area contributed by atoms with Gasteiger partial charge >= 0.3 is 0 Å². The molecule has 3 rings (SSSR count). The smallest absolute Gasteiger partial charge is 0.298 e. The number of hydrogen-bond acceptors (Lipinski definition) is 5. The number of methoxy groups -OCH3 is 1. The van der Waals surface area contributed by atoms with Crippen LogP contribution in [0.2, 0.25) is 0 Å². The fourth-order valence-corrected chi connectivity index (χ4v) is 4.04. The third-order valence-electron chi connectivity index (χ3n) is 4.25. The van der Waals surface area contributed by atoms with E-state index in [1.165, 1.54) is 4.90 Å². The Kier molecular flexibility index (Phi) is 6.46. The molecule has 1 aliphatic rings. The van der Waals surface area contributed by atoms with Gasteiger partial charge in [-0.1, -0.05) is 25.1 Å². The van der Waals surface area contributed by atoms with Crippen molar-refractivity contribution in [3.8, 4) is 11.5 Å². The van der Waals surface area contributed by atoms with Crippen molar-refractivity contribution >= 4 is 50.6 Å². The Morgan fingerprint density at radius 3 is 2.57 bits per heavy atom. The molecule has 0 saturated carbocycles. The summed E-state index contributed by atoms with van der Waals surface area (Å²) >= 11 is 4.44. The Bertz CT molecular complexity index is 930. The van der Waals surface area contributed by atoms with E-state index in [1.54, 1.807) is 43.5 Å². The van der Waals surface area contributed by atoms with Crippen LogP contribution in [0.3, 0.4) is 0 Å². The molecular formula is C21H20BrNO4S. The maximum Gasteiger partial charge on any atom is 0.298 e. The van der Waals surface area contributed by atoms with Crippen molar-refractivity contribution in [2.24, 2.45) is 0 Å². The van der Waals surface area contributed by atoms with Crippen LogP contribution in [0.25, 0.3) is 6.08 Å². The zero-order valence-electron chi connectivity index (χ0n) is 15.8. The molecule has 0 N–H and O–H groups in total. The second kappa shape index (κ2) is 8.84. The zero-order chi connectivity index (χ0) is 20.3. The van der Waals surface area contributed by atoms with E-state index in [9.17, 15) is 9.59 Å². The van der Waals surface area contributed by atoms with E-state index >= 15 is 0 Å². The molecule has 1 saturated heterocycles. The van der Waals surface area contributed by atoms with E-state index in [0.29, 0.717) is 22.1 Å². The lowest BCUT2D eigenvalue weighted by atomic mass is 10.1. The van der Waals surface area contributed by atoms with Crippen LogP contribution in [-0.2, 0) is 4.79 Å². The highest BCUT2D eigenvalue weighted by atomic mass is 79.9. The molecule has 2 aromatic rings. The van der Waals surface area contributed by atoms with E-state index in [4.69, 9.17) is 9.47 Å². The quantitative estimate of drug-likeness (QED) is 0.502. The second-order valence-electron chi connectivity index (χ2n) is 6.22. The summed E-state index contributed by atoms with van der Waals surface area (Å²) in [6, 6.07) is 12.5. The van der Waals surface area contributed by atoms with E-state index in [0.717, 1.165) is 28.2 Å². The van der Waals surface area contributed by atoms with Gasteiger partial charge in [-0.05, 0) is 76.9 Å². The number of imide groups is 1. The minimum absolute atomic E-state index is 0.0402. The summed E-state index contributed by atoms with van der Waals surface area (Å²) in [4.78, 5) is 26.7. The molecule has 1 atom stereocenters. The molecular weight excluding hydrogens is 442 g/mol. The predicted octanol–water partition coefficient (Wildman–Crippen LogP) is 5.88. The van der Waals surface area contributed by atoms with Crippen LogP contribution < -0.4 is 14.4 Å². The fraction of sp³-hybridized carbons (Fsp3) is 0.238. The summed E-state index contributed by atoms with van der Waals surface area (Å²) in [7, 11) is 1.57. The standard InChI is InChI=1S/C21H20BrNO4S/c1-4-13(2)27-19-16(22)10-14(11-17(19)26-3)12-18-20(24)23(21(25)28-18)15-8-6-5-7-9-15/h5-13H,4H2,1-3H3/b18-12+/t13-/m0/s1. The first-order valence-electron chi connectivity index (χ1n) is 8.81. The topological polar surface area (TPSA) is 55.8 Å². The van der Waals surface area contributed by atoms with E-state index in [-0.39, 0.29) is 17.3 Å². The van der Waals surface area contributed by atoms with E-state index in [1.807, 2.05) is 26.0 Å². The van der Waals surface area contributed by atoms with Crippen LogP contribution in [0.4, 0.5) is 10.5 Å². The molecule has 28 heavy (non-hydrogen) atoms. The Labute approximate surface area is 176 Å². The van der Waals surface area contributed by atoms with E-state index in [2.05, 4.69) is 15.9 Å². The molecule has 1 heterocycles. The fourth-order valence-electron chi connectivity index (χ4n) is 2.64. The van der Waals surface area contributed by atoms with Crippen molar-refractivity contribution in [3.63, 3.8) is 0 Å². The van der Waals surface area contributed by atoms with Gasteiger partial charge in [0, 0.05) is 0 Å². The number of nitrogens with zero attached hydrogens (tertiary/aromatic N) is 1. The maximum atomic E-state index is 12.8. The van der Waals surface area contributed by atoms with Crippen molar-refractivity contribution in [2.75, 3.05) is 12.0 Å². The molecule has 1 aliphatic heterocycles. The number of rotatable bonds is 6. The average Bonchev–Trinajstić information content (AvgIpc) is 2.97. The summed E-state index contributed by atoms with van der Waals surface area (Å²) < 4.78 is 12.1. The number of carbonyl (C=O) groups excluding carboxylic acids is 2. The Morgan fingerprint density at radius 1 is 1.21 bits per heavy atom. The number of ether oxygens (including phenoxy) is 2. The molecule has 1 fully saturated rings. The maximum absolute atomic E-state index is 12.8. The van der Waals surface area contributed by atoms with Crippen molar-refractivity contribution in [3.05, 3.63) is 57.4 Å². The summed E-state index contributed by atoms with van der Waals surface area (Å²) in [5.41, 5.74) is 1.29. The van der Waals surface area contributed by atoms with E-state index < -0.39 is 0 Å². The molecule has 2 aromatic carbocycles. The molecule has 146 valence electrons. The number of halogens is 1. The molecule has 0 spiro atoms. The third kappa shape index (κ3) is 4.25. The van der Waals surface area contributed by atoms with Crippen LogP contribution in [0.5, 0.6) is 11.5 Å². The number of thioether (sulfide) groups is 1. The van der Waals surface area contributed by atoms with Crippen LogP contribution in [0, 0.1) is 0 Å². The molecule has 0 bridgehead atoms. The lowest BCUT2D eigenvalue weighted by Crippen LogP contribution is -2.27. The van der Waals surface area contributed by atoms with Gasteiger partial charge in [0.2, 0.25) is 0 Å². The molecule has 0 radical (unpaired) electrons. The van der Waals surface area contributed by atoms with Crippen molar-refractivity contribution in [1.82, 2.24) is 0 Å². The lowest BCUT2D eigenvalue weighted by Gasteiger charge is -2.17. The normalized spacial score (nSPS) is 16.6. The van der Waals surface area contributed by atoms with Gasteiger partial charge in [0.25, 0.3) is 11.1 Å². The van der Waals surface area contributed by atoms with Gasteiger partial charge < -0.3 is 9.47 Å². The number of amides is 2. The molecule has 7 heteroatoms. The van der Waals surface area contributed by atoms with Gasteiger partial charge in [0.05, 0.1) is 28.3 Å². The molecule has 2 amide bonds. The van der Waals surface area contributed by atoms with Gasteiger partial charge in [-0.2, -0.15) is 0 Å². The number of anilines is 1. The van der Waals surface area contributed by atoms with Gasteiger partial charge in [-0.15, -0.1) is 0 Å². The van der Waals surface area contributed by atoms with Gasteiger partial charge in [-0.3, -0.25) is 9.59 Å². The number of carbonyl (C=O) groups is 2. The number of hydrogen-bond donors (Lipinski definition) is 0. The van der Waals surface area contributed by atoms with Gasteiger partial charge in [0.15, 0.2) is 11.5 Å². The highest BCUT2D eigenvalue weighted by Crippen LogP contribution is 2.40. The molecule has 5 nitrogen and oxygen atoms in total. The molecule has 0 unspecified atom stereocenters. The predicted molar refractivity (Wildman–Crippen MR) is 116 cm³/mol. The highest BCUT2D eigenvalue weighted by molar-refractivity contribution is 9.10. The lowest BCUT2D eigenvalue weighted by molar-refractivity contribution is -0.113. The monoisotopic (exact) mass is 461 g/mol. The SMILES string of the molecule is CC[C@H](C)Oc1c(Br)cc(/C=C2/SC(=O)N(c3ccccc3)C2=O)cc1OC. The van der Waals surface area contributed by atoms with Crippen LogP contribution >= 0.6 is 27.7 Å². The largest absolute Gasteiger partial charge is 0.493 e. The van der Waals surface area contributed by atoms with Crippen LogP contribution in [0.1, 0.15) is 25.8 Å². The number of benzene rings is 2. The first-order valence-corrected chi connectivity index (χ1v) is 10.4. The Hall–Kier alpha value is -2.25. The molecule has 0 aliphatic carbocycles. The summed E-state index contributed by atoms with van der Waals surface area (Å²) in [6.45, 7) is 4.03. The summed E-state index contributed by atoms with van der Waals surface area (Å²) in [6.07, 6.45) is 2.59. The van der Waals surface area contributed by atoms with Crippen LogP contribution in [0.15, 0.2) is 51.8 Å². The minimum atomic E-state index is -0.337. The van der Waals surface area contributed by atoms with Crippen LogP contribution in [-0.4, -0.2) is 24.4 Å². The number of para-hydroxylation sites is 1. The molecule has 0 aromatic heterocycles. The first-order chi connectivity index (χ1) is 13.4. The Balaban J connectivity index is 1.92. The summed E-state index contributed by atoms with van der Waals surface area (Å²) in [5.74, 6) is 0.839. The van der Waals surface area contributed by atoms with Crippen molar-refractivity contribution < 1.29 is 19.1 Å². The van der Waals surface area contributed by atoms with Gasteiger partial charge in [0.1, 0.15) is 0 Å². The zero-order valence-corrected chi connectivity index (χ0v) is 18.2. The van der Waals surface area contributed by atoms with Gasteiger partial charge in [-0.25, -0.2) is 4.90 Å². The third-order valence-corrected chi connectivity index (χ3v) is 5.71. The first kappa shape index (κ1) is 20.5. The highest BCUT2D eigenvalue weighted by Gasteiger charge is 2.36.